The van der Waals surface area contributed by atoms with E-state index in [2.05, 4.69) is 18.9 Å². The minimum atomic E-state index is -0.0769. The molecule has 20 heavy (non-hydrogen) atoms. The van der Waals surface area contributed by atoms with E-state index < -0.39 is 0 Å². The van der Waals surface area contributed by atoms with E-state index in [0.717, 1.165) is 12.1 Å². The Morgan fingerprint density at radius 3 is 2.80 bits per heavy atom. The standard InChI is InChI=1S/C15H16Cl2N2O/c1-3-10(2)19-8-7-11(18-19)9-14(20)12-5-4-6-13(16)15(12)17/h4-8,10H,3,9H2,1-2H3. The van der Waals surface area contributed by atoms with Crippen LogP contribution in [0.4, 0.5) is 0 Å². The lowest BCUT2D eigenvalue weighted by Gasteiger charge is -2.08. The maximum atomic E-state index is 12.2. The molecule has 0 saturated heterocycles. The Kier molecular flexibility index (Phi) is 4.84. The zero-order chi connectivity index (χ0) is 14.7. The van der Waals surface area contributed by atoms with Gasteiger partial charge in [0.05, 0.1) is 22.2 Å². The van der Waals surface area contributed by atoms with E-state index in [0.29, 0.717) is 21.7 Å². The molecule has 3 nitrogen and oxygen atoms in total. The summed E-state index contributed by atoms with van der Waals surface area (Å²) in [5.74, 6) is -0.0769. The minimum Gasteiger partial charge on any atom is -0.294 e. The van der Waals surface area contributed by atoms with Crippen LogP contribution >= 0.6 is 23.2 Å². The van der Waals surface area contributed by atoms with Crippen LogP contribution in [0.3, 0.4) is 0 Å². The summed E-state index contributed by atoms with van der Waals surface area (Å²) < 4.78 is 1.88. The van der Waals surface area contributed by atoms with E-state index in [-0.39, 0.29) is 12.2 Å². The van der Waals surface area contributed by atoms with Crippen molar-refractivity contribution in [1.29, 1.82) is 0 Å². The summed E-state index contributed by atoms with van der Waals surface area (Å²) in [6, 6.07) is 7.26. The smallest absolute Gasteiger partial charge is 0.170 e. The highest BCUT2D eigenvalue weighted by atomic mass is 35.5. The molecule has 0 fully saturated rings. The van der Waals surface area contributed by atoms with Gasteiger partial charge in [-0.25, -0.2) is 0 Å². The van der Waals surface area contributed by atoms with E-state index in [9.17, 15) is 4.79 Å². The molecule has 0 bridgehead atoms. The van der Waals surface area contributed by atoms with Crippen molar-refractivity contribution in [2.24, 2.45) is 0 Å². The number of Topliss-reactive ketones (excluding diaryl/α,β-unsaturated/α-hetero) is 1. The molecule has 0 radical (unpaired) electrons. The number of benzene rings is 1. The van der Waals surface area contributed by atoms with Gasteiger partial charge in [-0.05, 0) is 31.5 Å². The molecule has 1 unspecified atom stereocenters. The molecule has 0 N–H and O–H groups in total. The summed E-state index contributed by atoms with van der Waals surface area (Å²) in [6.45, 7) is 4.19. The predicted octanol–water partition coefficient (Wildman–Crippen LogP) is 4.59. The van der Waals surface area contributed by atoms with E-state index in [1.165, 1.54) is 0 Å². The van der Waals surface area contributed by atoms with Crippen molar-refractivity contribution >= 4 is 29.0 Å². The Bertz CT molecular complexity index is 622. The number of carbonyl (C=O) groups excluding carboxylic acids is 1. The molecule has 1 heterocycles. The second-order valence-electron chi connectivity index (χ2n) is 4.75. The van der Waals surface area contributed by atoms with Gasteiger partial charge in [-0.3, -0.25) is 9.48 Å². The van der Waals surface area contributed by atoms with Gasteiger partial charge in [0, 0.05) is 17.8 Å². The van der Waals surface area contributed by atoms with Gasteiger partial charge in [0.1, 0.15) is 0 Å². The molecule has 106 valence electrons. The normalized spacial score (nSPS) is 12.4. The fourth-order valence-electron chi connectivity index (χ4n) is 1.88. The number of aromatic nitrogens is 2. The lowest BCUT2D eigenvalue weighted by atomic mass is 10.1. The summed E-state index contributed by atoms with van der Waals surface area (Å²) in [7, 11) is 0. The summed E-state index contributed by atoms with van der Waals surface area (Å²) >= 11 is 12.0. The van der Waals surface area contributed by atoms with Crippen molar-refractivity contribution in [1.82, 2.24) is 9.78 Å². The van der Waals surface area contributed by atoms with Gasteiger partial charge < -0.3 is 0 Å². The zero-order valence-electron chi connectivity index (χ0n) is 11.4. The fourth-order valence-corrected chi connectivity index (χ4v) is 2.29. The van der Waals surface area contributed by atoms with Crippen LogP contribution in [0.25, 0.3) is 0 Å². The largest absolute Gasteiger partial charge is 0.294 e. The first-order chi connectivity index (χ1) is 9.52. The summed E-state index contributed by atoms with van der Waals surface area (Å²) in [4.78, 5) is 12.2. The molecule has 2 rings (SSSR count). The third-order valence-electron chi connectivity index (χ3n) is 3.30. The van der Waals surface area contributed by atoms with Gasteiger partial charge in [0.2, 0.25) is 0 Å². The average Bonchev–Trinajstić information content (AvgIpc) is 2.89. The quantitative estimate of drug-likeness (QED) is 0.757. The number of nitrogens with zero attached hydrogens (tertiary/aromatic N) is 2. The van der Waals surface area contributed by atoms with Crippen molar-refractivity contribution in [2.75, 3.05) is 0 Å². The number of rotatable bonds is 5. The second kappa shape index (κ2) is 6.42. The molecule has 0 aliphatic rings. The average molecular weight is 311 g/mol. The highest BCUT2D eigenvalue weighted by Crippen LogP contribution is 2.26. The Labute approximate surface area is 128 Å². The first kappa shape index (κ1) is 15.1. The Morgan fingerprint density at radius 1 is 1.35 bits per heavy atom. The van der Waals surface area contributed by atoms with Crippen LogP contribution in [-0.2, 0) is 6.42 Å². The second-order valence-corrected chi connectivity index (χ2v) is 5.53. The lowest BCUT2D eigenvalue weighted by molar-refractivity contribution is 0.0992. The van der Waals surface area contributed by atoms with Crippen LogP contribution < -0.4 is 0 Å². The van der Waals surface area contributed by atoms with Gasteiger partial charge in [-0.1, -0.05) is 36.2 Å². The van der Waals surface area contributed by atoms with Crippen molar-refractivity contribution in [3.63, 3.8) is 0 Å². The molecular weight excluding hydrogens is 295 g/mol. The van der Waals surface area contributed by atoms with Crippen LogP contribution in [0.2, 0.25) is 10.0 Å². The SMILES string of the molecule is CCC(C)n1ccc(CC(=O)c2cccc(Cl)c2Cl)n1. The first-order valence-corrected chi connectivity index (χ1v) is 7.29. The number of hydrogen-bond acceptors (Lipinski definition) is 2. The maximum absolute atomic E-state index is 12.2. The lowest BCUT2D eigenvalue weighted by Crippen LogP contribution is -2.08. The van der Waals surface area contributed by atoms with Gasteiger partial charge in [0.25, 0.3) is 0 Å². The first-order valence-electron chi connectivity index (χ1n) is 6.54. The molecule has 0 aliphatic carbocycles. The fraction of sp³-hybridized carbons (Fsp3) is 0.333. The highest BCUT2D eigenvalue weighted by molar-refractivity contribution is 6.43. The number of halogens is 2. The molecule has 0 amide bonds. The predicted molar refractivity (Wildman–Crippen MR) is 81.7 cm³/mol. The number of hydrogen-bond donors (Lipinski definition) is 0. The molecule has 0 spiro atoms. The van der Waals surface area contributed by atoms with Crippen molar-refractivity contribution in [2.45, 2.75) is 32.7 Å². The van der Waals surface area contributed by atoms with Crippen LogP contribution in [0, 0.1) is 0 Å². The Hall–Kier alpha value is -1.32. The molecule has 2 aromatic rings. The molecule has 5 heteroatoms. The van der Waals surface area contributed by atoms with E-state index in [4.69, 9.17) is 23.2 Å². The van der Waals surface area contributed by atoms with Gasteiger partial charge >= 0.3 is 0 Å². The van der Waals surface area contributed by atoms with Gasteiger partial charge in [0.15, 0.2) is 5.78 Å². The van der Waals surface area contributed by atoms with Crippen LogP contribution in [0.15, 0.2) is 30.5 Å². The van der Waals surface area contributed by atoms with E-state index in [1.54, 1.807) is 18.2 Å². The third kappa shape index (κ3) is 3.22. The van der Waals surface area contributed by atoms with Crippen molar-refractivity contribution < 1.29 is 4.79 Å². The molecule has 1 atom stereocenters. The van der Waals surface area contributed by atoms with Gasteiger partial charge in [-0.2, -0.15) is 5.10 Å². The molecule has 1 aromatic heterocycles. The monoisotopic (exact) mass is 310 g/mol. The number of carbonyl (C=O) groups is 1. The van der Waals surface area contributed by atoms with Crippen molar-refractivity contribution in [3.8, 4) is 0 Å². The molecule has 0 saturated carbocycles. The summed E-state index contributed by atoms with van der Waals surface area (Å²) in [6.07, 6.45) is 3.12. The minimum absolute atomic E-state index is 0.0769. The van der Waals surface area contributed by atoms with Crippen LogP contribution in [0.5, 0.6) is 0 Å². The molecular formula is C15H16Cl2N2O. The van der Waals surface area contributed by atoms with E-state index in [1.807, 2.05) is 16.9 Å². The molecule has 1 aromatic carbocycles. The Morgan fingerprint density at radius 2 is 2.10 bits per heavy atom. The molecule has 0 aliphatic heterocycles. The zero-order valence-corrected chi connectivity index (χ0v) is 12.9. The topological polar surface area (TPSA) is 34.9 Å². The van der Waals surface area contributed by atoms with Crippen molar-refractivity contribution in [3.05, 3.63) is 51.8 Å². The van der Waals surface area contributed by atoms with Gasteiger partial charge in [-0.15, -0.1) is 0 Å². The summed E-state index contributed by atoms with van der Waals surface area (Å²) in [5.41, 5.74) is 1.18. The van der Waals surface area contributed by atoms with E-state index >= 15 is 0 Å². The van der Waals surface area contributed by atoms with Crippen LogP contribution in [0.1, 0.15) is 42.4 Å². The Balaban J connectivity index is 2.15. The highest BCUT2D eigenvalue weighted by Gasteiger charge is 2.15. The number of ketones is 1. The van der Waals surface area contributed by atoms with Crippen LogP contribution in [-0.4, -0.2) is 15.6 Å². The summed E-state index contributed by atoms with van der Waals surface area (Å²) in [5, 5.41) is 5.12. The maximum Gasteiger partial charge on any atom is 0.170 e. The third-order valence-corrected chi connectivity index (χ3v) is 4.12.